The fourth-order valence-corrected chi connectivity index (χ4v) is 1.72. The molecular formula is C11H14N2O5. The topological polar surface area (TPSA) is 112 Å². The molecule has 1 aliphatic rings. The van der Waals surface area contributed by atoms with Crippen molar-refractivity contribution in [1.29, 1.82) is 0 Å². The predicted octanol–water partition coefficient (Wildman–Crippen LogP) is -1.75. The fraction of sp³-hybridized carbons (Fsp3) is 0.455. The van der Waals surface area contributed by atoms with Gasteiger partial charge in [-0.2, -0.15) is 0 Å². The van der Waals surface area contributed by atoms with E-state index in [1.54, 1.807) is 12.1 Å². The lowest BCUT2D eigenvalue weighted by molar-refractivity contribution is -0.0305. The summed E-state index contributed by atoms with van der Waals surface area (Å²) in [6, 6.07) is 4.83. The normalized spacial score (nSPS) is 31.3. The Bertz CT molecular complexity index is 413. The molecule has 4 N–H and O–H groups in total. The number of hydrogen-bond acceptors (Lipinski definition) is 6. The summed E-state index contributed by atoms with van der Waals surface area (Å²) in [5.74, 6) is -0.523. The molecule has 1 fully saturated rings. The van der Waals surface area contributed by atoms with Crippen molar-refractivity contribution in [2.24, 2.45) is 0 Å². The summed E-state index contributed by atoms with van der Waals surface area (Å²) in [5, 5.41) is 30.4. The highest BCUT2D eigenvalue weighted by Crippen LogP contribution is 2.19. The zero-order valence-electron chi connectivity index (χ0n) is 9.43. The van der Waals surface area contributed by atoms with Gasteiger partial charge in [0.15, 0.2) is 6.23 Å². The molecule has 98 valence electrons. The molecule has 0 aromatic carbocycles. The Kier molecular flexibility index (Phi) is 3.87. The number of aliphatic hydroxyl groups is 3. The second-order valence-electron chi connectivity index (χ2n) is 3.95. The summed E-state index contributed by atoms with van der Waals surface area (Å²) in [6.45, 7) is -0.436. The molecule has 0 radical (unpaired) electrons. The summed E-state index contributed by atoms with van der Waals surface area (Å²) in [4.78, 5) is 15.6. The van der Waals surface area contributed by atoms with E-state index in [9.17, 15) is 15.0 Å². The average molecular weight is 254 g/mol. The fourth-order valence-electron chi connectivity index (χ4n) is 1.72. The Hall–Kier alpha value is -1.54. The SMILES string of the molecule is O=C(NC1O[C@H](CO)[C@@H](O)[C@H]1O)c1ccccn1. The molecule has 0 aliphatic carbocycles. The molecular weight excluding hydrogens is 240 g/mol. The van der Waals surface area contributed by atoms with E-state index in [1.165, 1.54) is 12.3 Å². The van der Waals surface area contributed by atoms with E-state index >= 15 is 0 Å². The van der Waals surface area contributed by atoms with Gasteiger partial charge in [-0.25, -0.2) is 0 Å². The minimum absolute atomic E-state index is 0.176. The standard InChI is InChI=1S/C11H14N2O5/c14-5-7-8(15)9(16)11(18-7)13-10(17)6-3-1-2-4-12-6/h1-4,7-9,11,14-16H,5H2,(H,13,17)/t7-,8-,9-,11?/m1/s1. The lowest BCUT2D eigenvalue weighted by atomic mass is 10.1. The summed E-state index contributed by atoms with van der Waals surface area (Å²) in [7, 11) is 0. The number of pyridine rings is 1. The maximum atomic E-state index is 11.7. The zero-order chi connectivity index (χ0) is 13.1. The Morgan fingerprint density at radius 3 is 2.72 bits per heavy atom. The van der Waals surface area contributed by atoms with Gasteiger partial charge in [0.05, 0.1) is 6.61 Å². The molecule has 4 atom stereocenters. The second-order valence-corrected chi connectivity index (χ2v) is 3.95. The van der Waals surface area contributed by atoms with E-state index in [-0.39, 0.29) is 5.69 Å². The molecule has 1 aromatic heterocycles. The van der Waals surface area contributed by atoms with Gasteiger partial charge in [-0.3, -0.25) is 9.78 Å². The first-order valence-electron chi connectivity index (χ1n) is 5.48. The van der Waals surface area contributed by atoms with Gasteiger partial charge >= 0.3 is 0 Å². The van der Waals surface area contributed by atoms with E-state index in [0.29, 0.717) is 0 Å². The first kappa shape index (κ1) is 12.9. The van der Waals surface area contributed by atoms with Crippen molar-refractivity contribution in [3.05, 3.63) is 30.1 Å². The zero-order valence-corrected chi connectivity index (χ0v) is 9.43. The van der Waals surface area contributed by atoms with Gasteiger partial charge in [0.25, 0.3) is 5.91 Å². The highest BCUT2D eigenvalue weighted by Gasteiger charge is 2.43. The third-order valence-electron chi connectivity index (χ3n) is 2.71. The van der Waals surface area contributed by atoms with Crippen LogP contribution < -0.4 is 5.32 Å². The van der Waals surface area contributed by atoms with Gasteiger partial charge in [-0.05, 0) is 12.1 Å². The molecule has 0 bridgehead atoms. The summed E-state index contributed by atoms with van der Waals surface area (Å²) in [5.41, 5.74) is 0.176. The molecule has 7 nitrogen and oxygen atoms in total. The van der Waals surface area contributed by atoms with Crippen molar-refractivity contribution in [1.82, 2.24) is 10.3 Å². The van der Waals surface area contributed by atoms with Crippen molar-refractivity contribution >= 4 is 5.91 Å². The molecule has 18 heavy (non-hydrogen) atoms. The molecule has 1 aromatic rings. The van der Waals surface area contributed by atoms with Crippen molar-refractivity contribution in [3.8, 4) is 0 Å². The Morgan fingerprint density at radius 1 is 1.39 bits per heavy atom. The van der Waals surface area contributed by atoms with Crippen LogP contribution in [0.5, 0.6) is 0 Å². The van der Waals surface area contributed by atoms with Crippen molar-refractivity contribution < 1.29 is 24.9 Å². The number of aliphatic hydroxyl groups excluding tert-OH is 3. The van der Waals surface area contributed by atoms with Gasteiger partial charge in [-0.1, -0.05) is 6.07 Å². The summed E-state index contributed by atoms with van der Waals surface area (Å²) >= 11 is 0. The quantitative estimate of drug-likeness (QED) is 0.509. The van der Waals surface area contributed by atoms with Crippen LogP contribution in [0, 0.1) is 0 Å². The van der Waals surface area contributed by atoms with E-state index in [4.69, 9.17) is 9.84 Å². The lowest BCUT2D eigenvalue weighted by Crippen LogP contribution is -2.44. The number of nitrogens with one attached hydrogen (secondary N) is 1. The van der Waals surface area contributed by atoms with Crippen molar-refractivity contribution in [2.75, 3.05) is 6.61 Å². The number of nitrogens with zero attached hydrogens (tertiary/aromatic N) is 1. The number of amides is 1. The highest BCUT2D eigenvalue weighted by atomic mass is 16.6. The largest absolute Gasteiger partial charge is 0.394 e. The van der Waals surface area contributed by atoms with Crippen LogP contribution >= 0.6 is 0 Å². The van der Waals surface area contributed by atoms with Crippen LogP contribution in [0.15, 0.2) is 24.4 Å². The smallest absolute Gasteiger partial charge is 0.271 e. The van der Waals surface area contributed by atoms with Crippen LogP contribution in [-0.2, 0) is 4.74 Å². The van der Waals surface area contributed by atoms with Gasteiger partial charge < -0.3 is 25.4 Å². The molecule has 2 rings (SSSR count). The molecule has 7 heteroatoms. The lowest BCUT2D eigenvalue weighted by Gasteiger charge is -2.15. The van der Waals surface area contributed by atoms with E-state index < -0.39 is 37.1 Å². The van der Waals surface area contributed by atoms with E-state index in [2.05, 4.69) is 10.3 Å². The molecule has 1 aliphatic heterocycles. The van der Waals surface area contributed by atoms with Crippen LogP contribution in [-0.4, -0.2) is 57.4 Å². The van der Waals surface area contributed by atoms with Crippen LogP contribution in [0.25, 0.3) is 0 Å². The summed E-state index contributed by atoms with van der Waals surface area (Å²) in [6.07, 6.45) is -3.02. The first-order valence-corrected chi connectivity index (χ1v) is 5.48. The predicted molar refractivity (Wildman–Crippen MR) is 59.5 cm³/mol. The average Bonchev–Trinajstić information content (AvgIpc) is 2.67. The van der Waals surface area contributed by atoms with Crippen LogP contribution in [0.4, 0.5) is 0 Å². The van der Waals surface area contributed by atoms with Gasteiger partial charge in [0, 0.05) is 6.20 Å². The highest BCUT2D eigenvalue weighted by molar-refractivity contribution is 5.92. The molecule has 0 saturated carbocycles. The molecule has 0 spiro atoms. The van der Waals surface area contributed by atoms with Crippen LogP contribution in [0.3, 0.4) is 0 Å². The van der Waals surface area contributed by atoms with Gasteiger partial charge in [0.2, 0.25) is 0 Å². The number of ether oxygens (including phenoxy) is 1. The number of hydrogen-bond donors (Lipinski definition) is 4. The maximum Gasteiger partial charge on any atom is 0.271 e. The van der Waals surface area contributed by atoms with Crippen molar-refractivity contribution in [2.45, 2.75) is 24.5 Å². The number of carbonyl (C=O) groups excluding carboxylic acids is 1. The summed E-state index contributed by atoms with van der Waals surface area (Å²) < 4.78 is 5.12. The Morgan fingerprint density at radius 2 is 2.17 bits per heavy atom. The molecule has 2 heterocycles. The minimum Gasteiger partial charge on any atom is -0.394 e. The van der Waals surface area contributed by atoms with E-state index in [0.717, 1.165) is 0 Å². The molecule has 1 amide bonds. The van der Waals surface area contributed by atoms with Gasteiger partial charge in [-0.15, -0.1) is 0 Å². The van der Waals surface area contributed by atoms with Crippen LogP contribution in [0.2, 0.25) is 0 Å². The van der Waals surface area contributed by atoms with Crippen LogP contribution in [0.1, 0.15) is 10.5 Å². The third kappa shape index (κ3) is 2.49. The van der Waals surface area contributed by atoms with Crippen molar-refractivity contribution in [3.63, 3.8) is 0 Å². The first-order chi connectivity index (χ1) is 8.63. The molecule has 1 unspecified atom stereocenters. The number of aromatic nitrogens is 1. The maximum absolute atomic E-state index is 11.7. The van der Waals surface area contributed by atoms with Gasteiger partial charge in [0.1, 0.15) is 24.0 Å². The minimum atomic E-state index is -1.28. The monoisotopic (exact) mass is 254 g/mol. The Labute approximate surface area is 103 Å². The third-order valence-corrected chi connectivity index (χ3v) is 2.71. The Balaban J connectivity index is 2.00. The second kappa shape index (κ2) is 5.40. The molecule has 1 saturated heterocycles. The number of carbonyl (C=O) groups is 1. The van der Waals surface area contributed by atoms with E-state index in [1.807, 2.05) is 0 Å². The number of rotatable bonds is 3.